The molecule has 1 N–H and O–H groups in total. The van der Waals surface area contributed by atoms with Crippen LogP contribution in [0.1, 0.15) is 37.3 Å². The van der Waals surface area contributed by atoms with E-state index < -0.39 is 0 Å². The van der Waals surface area contributed by atoms with Crippen molar-refractivity contribution in [3.05, 3.63) is 54.1 Å². The summed E-state index contributed by atoms with van der Waals surface area (Å²) in [6.45, 7) is 5.24. The van der Waals surface area contributed by atoms with Gasteiger partial charge in [0.1, 0.15) is 5.82 Å². The second-order valence-corrected chi connectivity index (χ2v) is 6.01. The van der Waals surface area contributed by atoms with Crippen LogP contribution in [0.25, 0.3) is 11.0 Å². The topological polar surface area (TPSA) is 36.9 Å². The zero-order valence-electron chi connectivity index (χ0n) is 13.0. The highest BCUT2D eigenvalue weighted by Crippen LogP contribution is 2.32. The van der Waals surface area contributed by atoms with Crippen LogP contribution in [0.3, 0.4) is 0 Å². The first kappa shape index (κ1) is 13.6. The zero-order valence-corrected chi connectivity index (χ0v) is 13.0. The van der Waals surface area contributed by atoms with Gasteiger partial charge in [0.05, 0.1) is 23.6 Å². The van der Waals surface area contributed by atoms with Gasteiger partial charge in [0.2, 0.25) is 0 Å². The summed E-state index contributed by atoms with van der Waals surface area (Å²) in [5, 5.41) is 0. The van der Waals surface area contributed by atoms with Crippen molar-refractivity contribution in [1.29, 1.82) is 0 Å². The second-order valence-electron chi connectivity index (χ2n) is 6.01. The van der Waals surface area contributed by atoms with Crippen molar-refractivity contribution in [2.75, 3.05) is 6.54 Å². The minimum atomic E-state index is 0.500. The molecule has 114 valence electrons. The molecule has 0 bridgehead atoms. The number of hydrogen-bond acceptors (Lipinski definition) is 2. The van der Waals surface area contributed by atoms with Crippen molar-refractivity contribution in [1.82, 2.24) is 19.4 Å². The van der Waals surface area contributed by atoms with Gasteiger partial charge < -0.3 is 9.55 Å². The van der Waals surface area contributed by atoms with E-state index in [0.717, 1.165) is 25.2 Å². The van der Waals surface area contributed by atoms with Gasteiger partial charge in [0.15, 0.2) is 0 Å². The number of imidazole rings is 1. The number of hydrogen-bond donors (Lipinski definition) is 1. The maximum Gasteiger partial charge on any atom is 0.124 e. The monoisotopic (exact) mass is 294 g/mol. The largest absolute Gasteiger partial charge is 0.364 e. The predicted octanol–water partition coefficient (Wildman–Crippen LogP) is 3.72. The van der Waals surface area contributed by atoms with Crippen molar-refractivity contribution in [2.45, 2.75) is 38.9 Å². The molecule has 3 heterocycles. The Morgan fingerprint density at radius 2 is 2.14 bits per heavy atom. The molecule has 0 aliphatic carbocycles. The molecule has 0 saturated carbocycles. The van der Waals surface area contributed by atoms with E-state index in [4.69, 9.17) is 4.98 Å². The molecule has 0 unspecified atom stereocenters. The summed E-state index contributed by atoms with van der Waals surface area (Å²) in [4.78, 5) is 10.8. The fourth-order valence-corrected chi connectivity index (χ4v) is 3.70. The van der Waals surface area contributed by atoms with Crippen LogP contribution in [0.15, 0.2) is 42.6 Å². The number of nitrogens with zero attached hydrogens (tertiary/aromatic N) is 3. The van der Waals surface area contributed by atoms with Crippen molar-refractivity contribution in [2.24, 2.45) is 0 Å². The first-order valence-corrected chi connectivity index (χ1v) is 8.18. The summed E-state index contributed by atoms with van der Waals surface area (Å²) < 4.78 is 2.35. The smallest absolute Gasteiger partial charge is 0.124 e. The van der Waals surface area contributed by atoms with Crippen LogP contribution in [0.4, 0.5) is 0 Å². The second kappa shape index (κ2) is 5.61. The Morgan fingerprint density at radius 3 is 2.95 bits per heavy atom. The molecule has 0 radical (unpaired) electrons. The van der Waals surface area contributed by atoms with Gasteiger partial charge in [-0.3, -0.25) is 4.90 Å². The van der Waals surface area contributed by atoms with Gasteiger partial charge in [-0.25, -0.2) is 4.98 Å². The number of H-pyrrole nitrogens is 1. The lowest BCUT2D eigenvalue weighted by atomic mass is 10.1. The average Bonchev–Trinajstić information content (AvgIpc) is 3.26. The van der Waals surface area contributed by atoms with E-state index in [1.54, 1.807) is 0 Å². The van der Waals surface area contributed by atoms with E-state index in [1.807, 2.05) is 6.20 Å². The minimum absolute atomic E-state index is 0.500. The number of aromatic amines is 1. The van der Waals surface area contributed by atoms with E-state index in [1.165, 1.54) is 29.9 Å². The third-order valence-electron chi connectivity index (χ3n) is 4.74. The molecular formula is C18H22N4. The number of aromatic nitrogens is 3. The molecular weight excluding hydrogens is 272 g/mol. The van der Waals surface area contributed by atoms with Gasteiger partial charge in [-0.1, -0.05) is 12.1 Å². The van der Waals surface area contributed by atoms with Crippen LogP contribution in [-0.4, -0.2) is 26.0 Å². The Labute approximate surface area is 130 Å². The Morgan fingerprint density at radius 1 is 1.23 bits per heavy atom. The molecule has 1 atom stereocenters. The highest BCUT2D eigenvalue weighted by Gasteiger charge is 2.27. The van der Waals surface area contributed by atoms with Crippen molar-refractivity contribution in [3.63, 3.8) is 0 Å². The van der Waals surface area contributed by atoms with Crippen LogP contribution in [0.2, 0.25) is 0 Å². The van der Waals surface area contributed by atoms with Gasteiger partial charge in [-0.15, -0.1) is 0 Å². The summed E-state index contributed by atoms with van der Waals surface area (Å²) in [7, 11) is 0. The number of fused-ring (bicyclic) bond motifs is 1. The maximum absolute atomic E-state index is 4.87. The van der Waals surface area contributed by atoms with E-state index >= 15 is 0 Å². The molecule has 1 aliphatic rings. The Hall–Kier alpha value is -2.07. The number of nitrogens with one attached hydrogen (secondary N) is 1. The summed E-state index contributed by atoms with van der Waals surface area (Å²) in [6.07, 6.45) is 4.51. The van der Waals surface area contributed by atoms with Crippen LogP contribution in [0, 0.1) is 0 Å². The molecule has 2 aromatic heterocycles. The fraction of sp³-hybridized carbons (Fsp3) is 0.389. The van der Waals surface area contributed by atoms with Gasteiger partial charge >= 0.3 is 0 Å². The van der Waals surface area contributed by atoms with E-state index in [-0.39, 0.29) is 0 Å². The van der Waals surface area contributed by atoms with Crippen molar-refractivity contribution >= 4 is 11.0 Å². The van der Waals surface area contributed by atoms with Crippen molar-refractivity contribution in [3.8, 4) is 0 Å². The standard InChI is InChI=1S/C18H22N4/c1-2-22-17-9-4-3-7-15(17)20-18(22)13-21-12-6-10-16(21)14-8-5-11-19-14/h3-5,7-9,11,16,19H,2,6,10,12-13H2,1H3/t16-/m0/s1. The van der Waals surface area contributed by atoms with E-state index in [2.05, 4.69) is 57.8 Å². The Bertz CT molecular complexity index is 757. The molecule has 0 spiro atoms. The predicted molar refractivity (Wildman–Crippen MR) is 88.6 cm³/mol. The van der Waals surface area contributed by atoms with Gasteiger partial charge in [-0.05, 0) is 50.6 Å². The zero-order chi connectivity index (χ0) is 14.9. The van der Waals surface area contributed by atoms with Crippen LogP contribution >= 0.6 is 0 Å². The number of para-hydroxylation sites is 2. The maximum atomic E-state index is 4.87. The number of rotatable bonds is 4. The lowest BCUT2D eigenvalue weighted by molar-refractivity contribution is 0.236. The van der Waals surface area contributed by atoms with Crippen LogP contribution in [0.5, 0.6) is 0 Å². The average molecular weight is 294 g/mol. The normalized spacial score (nSPS) is 19.2. The molecule has 4 rings (SSSR count). The molecule has 22 heavy (non-hydrogen) atoms. The third kappa shape index (κ3) is 2.24. The summed E-state index contributed by atoms with van der Waals surface area (Å²) in [5.41, 5.74) is 3.68. The van der Waals surface area contributed by atoms with E-state index in [0.29, 0.717) is 6.04 Å². The summed E-state index contributed by atoms with van der Waals surface area (Å²) in [6, 6.07) is 13.2. The van der Waals surface area contributed by atoms with E-state index in [9.17, 15) is 0 Å². The Balaban J connectivity index is 1.65. The Kier molecular flexibility index (Phi) is 3.47. The minimum Gasteiger partial charge on any atom is -0.364 e. The molecule has 0 amide bonds. The molecule has 3 aromatic rings. The molecule has 1 saturated heterocycles. The highest BCUT2D eigenvalue weighted by molar-refractivity contribution is 5.75. The third-order valence-corrected chi connectivity index (χ3v) is 4.74. The van der Waals surface area contributed by atoms with Crippen LogP contribution < -0.4 is 0 Å². The number of benzene rings is 1. The summed E-state index contributed by atoms with van der Waals surface area (Å²) >= 11 is 0. The SMILES string of the molecule is CCn1c(CN2CCC[C@H]2c2ccc[nH]2)nc2ccccc21. The quantitative estimate of drug-likeness (QED) is 0.796. The first-order chi connectivity index (χ1) is 10.9. The van der Waals surface area contributed by atoms with Gasteiger partial charge in [0, 0.05) is 18.4 Å². The molecule has 4 heteroatoms. The summed E-state index contributed by atoms with van der Waals surface area (Å²) in [5.74, 6) is 1.18. The van der Waals surface area contributed by atoms with Gasteiger partial charge in [0.25, 0.3) is 0 Å². The fourth-order valence-electron chi connectivity index (χ4n) is 3.70. The molecule has 1 aromatic carbocycles. The first-order valence-electron chi connectivity index (χ1n) is 8.18. The van der Waals surface area contributed by atoms with Crippen molar-refractivity contribution < 1.29 is 0 Å². The highest BCUT2D eigenvalue weighted by atomic mass is 15.2. The van der Waals surface area contributed by atoms with Gasteiger partial charge in [-0.2, -0.15) is 0 Å². The lowest BCUT2D eigenvalue weighted by Gasteiger charge is -2.23. The molecule has 1 fully saturated rings. The number of aryl methyl sites for hydroxylation is 1. The lowest BCUT2D eigenvalue weighted by Crippen LogP contribution is -2.25. The van der Waals surface area contributed by atoms with Crippen LogP contribution in [-0.2, 0) is 13.1 Å². The number of likely N-dealkylation sites (tertiary alicyclic amines) is 1. The molecule has 4 nitrogen and oxygen atoms in total. The molecule has 1 aliphatic heterocycles.